The zero-order valence-electron chi connectivity index (χ0n) is 22.5. The number of nitriles is 1. The Morgan fingerprint density at radius 3 is 2.51 bits per heavy atom. The molecule has 1 unspecified atom stereocenters. The van der Waals surface area contributed by atoms with E-state index in [1.165, 1.54) is 5.56 Å². The molecule has 7 nitrogen and oxygen atoms in total. The molecule has 0 amide bonds. The molecule has 0 spiro atoms. The number of hydrogen-bond acceptors (Lipinski definition) is 7. The van der Waals surface area contributed by atoms with E-state index in [1.54, 1.807) is 42.5 Å². The second kappa shape index (κ2) is 12.1. The molecule has 0 radical (unpaired) electrons. The van der Waals surface area contributed by atoms with Gasteiger partial charge in [0, 0.05) is 11.6 Å². The fraction of sp³-hybridized carbons (Fsp3) is 0.152. The Morgan fingerprint density at radius 1 is 1.00 bits per heavy atom. The molecular weight excluding hydrogens is 540 g/mol. The van der Waals surface area contributed by atoms with Gasteiger partial charge in [-0.25, -0.2) is 4.79 Å². The molecular formula is C33H27ClN2O5. The summed E-state index contributed by atoms with van der Waals surface area (Å²) in [5, 5.41) is 10.3. The highest BCUT2D eigenvalue weighted by Crippen LogP contribution is 2.45. The maximum Gasteiger partial charge on any atom is 0.345 e. The van der Waals surface area contributed by atoms with Crippen molar-refractivity contribution < 1.29 is 23.7 Å². The molecule has 206 valence electrons. The molecule has 4 aromatic carbocycles. The molecule has 4 aromatic rings. The van der Waals surface area contributed by atoms with Crippen molar-refractivity contribution >= 4 is 17.6 Å². The summed E-state index contributed by atoms with van der Waals surface area (Å²) in [4.78, 5) is 12.7. The van der Waals surface area contributed by atoms with E-state index in [-0.39, 0.29) is 27.8 Å². The van der Waals surface area contributed by atoms with Crippen LogP contribution in [0.5, 0.6) is 23.0 Å². The summed E-state index contributed by atoms with van der Waals surface area (Å²) in [7, 11) is 0. The average Bonchev–Trinajstić information content (AvgIpc) is 2.97. The largest absolute Gasteiger partial charge is 0.490 e. The number of rotatable bonds is 8. The van der Waals surface area contributed by atoms with Crippen LogP contribution in [0, 0.1) is 18.3 Å². The van der Waals surface area contributed by atoms with Crippen molar-refractivity contribution in [2.45, 2.75) is 26.4 Å². The molecule has 1 aliphatic heterocycles. The first-order valence-corrected chi connectivity index (χ1v) is 13.4. The number of fused-ring (bicyclic) bond motifs is 1. The summed E-state index contributed by atoms with van der Waals surface area (Å²) in [6, 6.07) is 27.5. The zero-order chi connectivity index (χ0) is 28.9. The van der Waals surface area contributed by atoms with Crippen molar-refractivity contribution in [2.24, 2.45) is 5.73 Å². The van der Waals surface area contributed by atoms with Gasteiger partial charge in [-0.15, -0.1) is 0 Å². The normalized spacial score (nSPS) is 14.0. The zero-order valence-corrected chi connectivity index (χ0v) is 23.3. The number of nitrogens with two attached hydrogens (primary N) is 1. The average molecular weight is 567 g/mol. The van der Waals surface area contributed by atoms with Crippen molar-refractivity contribution in [2.75, 3.05) is 6.61 Å². The van der Waals surface area contributed by atoms with E-state index in [0.29, 0.717) is 36.0 Å². The first-order chi connectivity index (χ1) is 19.9. The molecule has 1 aliphatic rings. The highest BCUT2D eigenvalue weighted by molar-refractivity contribution is 6.33. The molecule has 5 rings (SSSR count). The van der Waals surface area contributed by atoms with Crippen molar-refractivity contribution in [1.29, 1.82) is 5.26 Å². The summed E-state index contributed by atoms with van der Waals surface area (Å²) in [5.74, 6) is 0.572. The molecule has 0 fully saturated rings. The van der Waals surface area contributed by atoms with E-state index >= 15 is 0 Å². The Hall–Kier alpha value is -4.93. The van der Waals surface area contributed by atoms with Crippen LogP contribution in [0.3, 0.4) is 0 Å². The van der Waals surface area contributed by atoms with Crippen molar-refractivity contribution in [3.8, 4) is 29.1 Å². The predicted molar refractivity (Wildman–Crippen MR) is 155 cm³/mol. The van der Waals surface area contributed by atoms with Crippen LogP contribution in [-0.4, -0.2) is 12.6 Å². The van der Waals surface area contributed by atoms with Gasteiger partial charge in [0.25, 0.3) is 0 Å². The van der Waals surface area contributed by atoms with E-state index in [4.69, 9.17) is 36.3 Å². The fourth-order valence-electron chi connectivity index (χ4n) is 4.57. The Bertz CT molecular complexity index is 1670. The van der Waals surface area contributed by atoms with Gasteiger partial charge in [0.15, 0.2) is 11.5 Å². The van der Waals surface area contributed by atoms with Gasteiger partial charge in [-0.1, -0.05) is 65.7 Å². The molecule has 0 aliphatic carbocycles. The number of carbonyl (C=O) groups excluding carboxylic acids is 1. The minimum Gasteiger partial charge on any atom is -0.490 e. The van der Waals surface area contributed by atoms with Crippen LogP contribution >= 0.6 is 11.6 Å². The summed E-state index contributed by atoms with van der Waals surface area (Å²) >= 11 is 6.14. The SMILES string of the molecule is CCOc1cc(C2C(C#N)=C(N)Oc3cc(OC(=O)c4ccccc4Cl)ccc32)ccc1OCc1ccc(C)cc1. The number of allylic oxidation sites excluding steroid dienone is 1. The van der Waals surface area contributed by atoms with Gasteiger partial charge < -0.3 is 24.7 Å². The van der Waals surface area contributed by atoms with E-state index in [0.717, 1.165) is 11.1 Å². The van der Waals surface area contributed by atoms with E-state index in [2.05, 4.69) is 6.07 Å². The van der Waals surface area contributed by atoms with Crippen LogP contribution in [-0.2, 0) is 6.61 Å². The van der Waals surface area contributed by atoms with Crippen LogP contribution < -0.4 is 24.7 Å². The second-order valence-electron chi connectivity index (χ2n) is 9.41. The monoisotopic (exact) mass is 566 g/mol. The Morgan fingerprint density at radius 2 is 1.78 bits per heavy atom. The lowest BCUT2D eigenvalue weighted by molar-refractivity contribution is 0.0734. The molecule has 0 bridgehead atoms. The van der Waals surface area contributed by atoms with E-state index in [9.17, 15) is 10.1 Å². The van der Waals surface area contributed by atoms with Crippen LogP contribution in [0.15, 0.2) is 96.4 Å². The first kappa shape index (κ1) is 27.6. The third-order valence-corrected chi connectivity index (χ3v) is 6.94. The highest BCUT2D eigenvalue weighted by atomic mass is 35.5. The highest BCUT2D eigenvalue weighted by Gasteiger charge is 2.32. The maximum atomic E-state index is 12.7. The van der Waals surface area contributed by atoms with Gasteiger partial charge in [-0.3, -0.25) is 0 Å². The molecule has 1 heterocycles. The first-order valence-electron chi connectivity index (χ1n) is 13.0. The number of carbonyl (C=O) groups is 1. The second-order valence-corrected chi connectivity index (χ2v) is 9.81. The number of esters is 1. The number of hydrogen-bond donors (Lipinski definition) is 1. The summed E-state index contributed by atoms with van der Waals surface area (Å²) in [6.07, 6.45) is 0. The van der Waals surface area contributed by atoms with E-state index < -0.39 is 11.9 Å². The Kier molecular flexibility index (Phi) is 8.14. The third-order valence-electron chi connectivity index (χ3n) is 6.61. The lowest BCUT2D eigenvalue weighted by Crippen LogP contribution is -2.21. The number of halogens is 1. The molecule has 0 aromatic heterocycles. The summed E-state index contributed by atoms with van der Waals surface area (Å²) < 4.78 is 23.4. The van der Waals surface area contributed by atoms with Crippen LogP contribution in [0.1, 0.15) is 45.5 Å². The predicted octanol–water partition coefficient (Wildman–Crippen LogP) is 7.06. The van der Waals surface area contributed by atoms with Crippen LogP contribution in [0.25, 0.3) is 0 Å². The molecule has 8 heteroatoms. The lowest BCUT2D eigenvalue weighted by atomic mass is 9.83. The topological polar surface area (TPSA) is 104 Å². The standard InChI is InChI=1S/C33H27ClN2O5/c1-3-38-30-16-22(12-15-28(30)39-19-21-10-8-20(2)9-11-21)31-25-14-13-23(17-29(25)41-32(36)26(31)18-35)40-33(37)24-6-4-5-7-27(24)34/h4-17,31H,3,19,36H2,1-2H3. The Labute approximate surface area is 243 Å². The van der Waals surface area contributed by atoms with Gasteiger partial charge in [0.05, 0.1) is 23.1 Å². The minimum atomic E-state index is -0.605. The number of nitrogens with zero attached hydrogens (tertiary/aromatic N) is 1. The van der Waals surface area contributed by atoms with Crippen LogP contribution in [0.2, 0.25) is 5.02 Å². The molecule has 1 atom stereocenters. The quantitative estimate of drug-likeness (QED) is 0.180. The fourth-order valence-corrected chi connectivity index (χ4v) is 4.78. The lowest BCUT2D eigenvalue weighted by Gasteiger charge is -2.27. The molecule has 0 saturated heterocycles. The molecule has 2 N–H and O–H groups in total. The van der Waals surface area contributed by atoms with E-state index in [1.807, 2.05) is 56.3 Å². The van der Waals surface area contributed by atoms with Crippen LogP contribution in [0.4, 0.5) is 0 Å². The number of ether oxygens (including phenoxy) is 4. The maximum absolute atomic E-state index is 12.7. The summed E-state index contributed by atoms with van der Waals surface area (Å²) in [5.41, 5.74) is 10.4. The van der Waals surface area contributed by atoms with Crippen molar-refractivity contribution in [3.05, 3.63) is 129 Å². The smallest absolute Gasteiger partial charge is 0.345 e. The molecule has 41 heavy (non-hydrogen) atoms. The van der Waals surface area contributed by atoms with Crippen molar-refractivity contribution in [3.63, 3.8) is 0 Å². The molecule has 0 saturated carbocycles. The Balaban J connectivity index is 1.45. The number of aryl methyl sites for hydroxylation is 1. The van der Waals surface area contributed by atoms with Gasteiger partial charge in [0.2, 0.25) is 5.88 Å². The van der Waals surface area contributed by atoms with Gasteiger partial charge in [-0.05, 0) is 55.3 Å². The summed E-state index contributed by atoms with van der Waals surface area (Å²) in [6.45, 7) is 4.74. The minimum absolute atomic E-state index is 0.0303. The van der Waals surface area contributed by atoms with Gasteiger partial charge >= 0.3 is 5.97 Å². The van der Waals surface area contributed by atoms with Crippen molar-refractivity contribution in [1.82, 2.24) is 0 Å². The van der Waals surface area contributed by atoms with Gasteiger partial charge in [0.1, 0.15) is 29.7 Å². The number of benzene rings is 4. The third kappa shape index (κ3) is 5.98. The van der Waals surface area contributed by atoms with Gasteiger partial charge in [-0.2, -0.15) is 5.26 Å².